The van der Waals surface area contributed by atoms with Crippen molar-refractivity contribution >= 4 is 5.97 Å². The molecule has 2 aromatic rings. The van der Waals surface area contributed by atoms with Crippen LogP contribution in [0.4, 0.5) is 4.39 Å². The standard InChI is InChI=1S/C14H14FNO2/c1-3-18-14(17)13-9(2)16-8-12(13)10-4-6-11(15)7-5-10/h4-8,16H,3H2,1-2H3. The monoisotopic (exact) mass is 247 g/mol. The molecule has 1 aromatic carbocycles. The third kappa shape index (κ3) is 2.27. The van der Waals surface area contributed by atoms with E-state index in [4.69, 9.17) is 4.74 Å². The van der Waals surface area contributed by atoms with E-state index in [1.807, 2.05) is 0 Å². The van der Waals surface area contributed by atoms with Gasteiger partial charge in [-0.1, -0.05) is 12.1 Å². The van der Waals surface area contributed by atoms with E-state index in [1.165, 1.54) is 12.1 Å². The van der Waals surface area contributed by atoms with Crippen molar-refractivity contribution in [3.05, 3.63) is 47.5 Å². The highest BCUT2D eigenvalue weighted by molar-refractivity contribution is 5.98. The van der Waals surface area contributed by atoms with E-state index in [-0.39, 0.29) is 11.8 Å². The van der Waals surface area contributed by atoms with Crippen LogP contribution in [-0.4, -0.2) is 17.6 Å². The number of carbonyl (C=O) groups is 1. The maximum atomic E-state index is 12.9. The Bertz CT molecular complexity index is 558. The predicted molar refractivity (Wildman–Crippen MR) is 66.9 cm³/mol. The van der Waals surface area contributed by atoms with Gasteiger partial charge in [0.15, 0.2) is 0 Å². The van der Waals surface area contributed by atoms with E-state index in [0.717, 1.165) is 16.8 Å². The lowest BCUT2D eigenvalue weighted by Gasteiger charge is -2.05. The van der Waals surface area contributed by atoms with E-state index in [1.54, 1.807) is 32.2 Å². The molecule has 1 N–H and O–H groups in total. The van der Waals surface area contributed by atoms with Crippen molar-refractivity contribution in [1.29, 1.82) is 0 Å². The lowest BCUT2D eigenvalue weighted by Crippen LogP contribution is -2.06. The van der Waals surface area contributed by atoms with Crippen LogP contribution in [0.5, 0.6) is 0 Å². The quantitative estimate of drug-likeness (QED) is 0.845. The van der Waals surface area contributed by atoms with Crippen LogP contribution >= 0.6 is 0 Å². The summed E-state index contributed by atoms with van der Waals surface area (Å²) in [5.74, 6) is -0.667. The number of hydrogen-bond donors (Lipinski definition) is 1. The molecule has 0 aliphatic rings. The van der Waals surface area contributed by atoms with Crippen LogP contribution in [0.25, 0.3) is 11.1 Å². The molecule has 2 rings (SSSR count). The fourth-order valence-corrected chi connectivity index (χ4v) is 1.85. The minimum Gasteiger partial charge on any atom is -0.462 e. The number of esters is 1. The van der Waals surface area contributed by atoms with Crippen LogP contribution in [0.3, 0.4) is 0 Å². The van der Waals surface area contributed by atoms with Gasteiger partial charge in [-0.15, -0.1) is 0 Å². The molecule has 0 saturated carbocycles. The van der Waals surface area contributed by atoms with Crippen molar-refractivity contribution in [2.75, 3.05) is 6.61 Å². The zero-order chi connectivity index (χ0) is 13.1. The highest BCUT2D eigenvalue weighted by Crippen LogP contribution is 2.26. The topological polar surface area (TPSA) is 42.1 Å². The Balaban J connectivity index is 2.45. The van der Waals surface area contributed by atoms with Gasteiger partial charge in [-0.25, -0.2) is 9.18 Å². The molecule has 1 heterocycles. The second-order valence-corrected chi connectivity index (χ2v) is 3.93. The van der Waals surface area contributed by atoms with E-state index >= 15 is 0 Å². The molecule has 18 heavy (non-hydrogen) atoms. The number of hydrogen-bond acceptors (Lipinski definition) is 2. The first kappa shape index (κ1) is 12.4. The molecule has 0 atom stereocenters. The Hall–Kier alpha value is -2.10. The number of aryl methyl sites for hydroxylation is 1. The van der Waals surface area contributed by atoms with E-state index in [0.29, 0.717) is 12.2 Å². The SMILES string of the molecule is CCOC(=O)c1c(-c2ccc(F)cc2)c[nH]c1C. The smallest absolute Gasteiger partial charge is 0.340 e. The number of halogens is 1. The molecule has 0 bridgehead atoms. The van der Waals surface area contributed by atoms with Crippen LogP contribution in [0.1, 0.15) is 23.0 Å². The molecular weight excluding hydrogens is 233 g/mol. The highest BCUT2D eigenvalue weighted by atomic mass is 19.1. The summed E-state index contributed by atoms with van der Waals surface area (Å²) in [6.07, 6.45) is 1.73. The van der Waals surface area contributed by atoms with E-state index < -0.39 is 0 Å². The zero-order valence-electron chi connectivity index (χ0n) is 10.3. The Morgan fingerprint density at radius 2 is 2.00 bits per heavy atom. The molecule has 0 aliphatic carbocycles. The molecule has 0 amide bonds. The van der Waals surface area contributed by atoms with Crippen LogP contribution < -0.4 is 0 Å². The summed E-state index contributed by atoms with van der Waals surface area (Å²) in [5.41, 5.74) is 2.76. The molecule has 3 nitrogen and oxygen atoms in total. The van der Waals surface area contributed by atoms with Crippen molar-refractivity contribution < 1.29 is 13.9 Å². The van der Waals surface area contributed by atoms with Gasteiger partial charge in [-0.3, -0.25) is 0 Å². The van der Waals surface area contributed by atoms with Gasteiger partial charge >= 0.3 is 5.97 Å². The van der Waals surface area contributed by atoms with Gasteiger partial charge in [0.05, 0.1) is 12.2 Å². The summed E-state index contributed by atoms with van der Waals surface area (Å²) in [6.45, 7) is 3.89. The number of benzene rings is 1. The normalized spacial score (nSPS) is 10.4. The summed E-state index contributed by atoms with van der Waals surface area (Å²) in [5, 5.41) is 0. The second kappa shape index (κ2) is 5.04. The maximum absolute atomic E-state index is 12.9. The summed E-state index contributed by atoms with van der Waals surface area (Å²) in [4.78, 5) is 14.9. The molecule has 0 radical (unpaired) electrons. The summed E-state index contributed by atoms with van der Waals surface area (Å²) >= 11 is 0. The largest absolute Gasteiger partial charge is 0.462 e. The minimum absolute atomic E-state index is 0.302. The second-order valence-electron chi connectivity index (χ2n) is 3.93. The fourth-order valence-electron chi connectivity index (χ4n) is 1.85. The molecule has 0 fully saturated rings. The first-order valence-electron chi connectivity index (χ1n) is 5.74. The zero-order valence-corrected chi connectivity index (χ0v) is 10.3. The number of carbonyl (C=O) groups excluding carboxylic acids is 1. The van der Waals surface area contributed by atoms with E-state index in [9.17, 15) is 9.18 Å². The first-order chi connectivity index (χ1) is 8.63. The molecular formula is C14H14FNO2. The van der Waals surface area contributed by atoms with Crippen LogP contribution in [0.2, 0.25) is 0 Å². The number of aromatic amines is 1. The summed E-state index contributed by atoms with van der Waals surface area (Å²) in [6, 6.07) is 6.01. The van der Waals surface area contributed by atoms with E-state index in [2.05, 4.69) is 4.98 Å². The minimum atomic E-state index is -0.365. The number of H-pyrrole nitrogens is 1. The maximum Gasteiger partial charge on any atom is 0.340 e. The molecule has 0 aliphatic heterocycles. The molecule has 4 heteroatoms. The Morgan fingerprint density at radius 1 is 1.33 bits per heavy atom. The Kier molecular flexibility index (Phi) is 3.46. The first-order valence-corrected chi connectivity index (χ1v) is 5.74. The number of nitrogens with one attached hydrogen (secondary N) is 1. The number of aromatic nitrogens is 1. The molecule has 0 unspecified atom stereocenters. The lowest BCUT2D eigenvalue weighted by molar-refractivity contribution is 0.0526. The van der Waals surface area contributed by atoms with Crippen LogP contribution in [0.15, 0.2) is 30.5 Å². The Labute approximate surface area is 105 Å². The van der Waals surface area contributed by atoms with Gasteiger partial charge in [-0.05, 0) is 31.5 Å². The van der Waals surface area contributed by atoms with Crippen molar-refractivity contribution in [2.45, 2.75) is 13.8 Å². The van der Waals surface area contributed by atoms with Crippen molar-refractivity contribution in [2.24, 2.45) is 0 Å². The van der Waals surface area contributed by atoms with Gasteiger partial charge in [0.1, 0.15) is 5.82 Å². The van der Waals surface area contributed by atoms with Gasteiger partial charge in [0.25, 0.3) is 0 Å². The highest BCUT2D eigenvalue weighted by Gasteiger charge is 2.18. The number of ether oxygens (including phenoxy) is 1. The molecule has 0 spiro atoms. The third-order valence-electron chi connectivity index (χ3n) is 2.71. The summed E-state index contributed by atoms with van der Waals surface area (Å²) in [7, 11) is 0. The molecule has 94 valence electrons. The summed E-state index contributed by atoms with van der Waals surface area (Å²) < 4.78 is 17.9. The number of rotatable bonds is 3. The van der Waals surface area contributed by atoms with Crippen LogP contribution in [0, 0.1) is 12.7 Å². The average Bonchev–Trinajstić information content (AvgIpc) is 2.72. The van der Waals surface area contributed by atoms with Crippen LogP contribution in [-0.2, 0) is 4.74 Å². The Morgan fingerprint density at radius 3 is 2.61 bits per heavy atom. The van der Waals surface area contributed by atoms with Crippen molar-refractivity contribution in [1.82, 2.24) is 4.98 Å². The average molecular weight is 247 g/mol. The molecule has 1 aromatic heterocycles. The fraction of sp³-hybridized carbons (Fsp3) is 0.214. The van der Waals surface area contributed by atoms with Gasteiger partial charge in [0.2, 0.25) is 0 Å². The third-order valence-corrected chi connectivity index (χ3v) is 2.71. The van der Waals surface area contributed by atoms with Crippen molar-refractivity contribution in [3.63, 3.8) is 0 Å². The van der Waals surface area contributed by atoms with Crippen molar-refractivity contribution in [3.8, 4) is 11.1 Å². The molecule has 0 saturated heterocycles. The van der Waals surface area contributed by atoms with Gasteiger partial charge in [-0.2, -0.15) is 0 Å². The van der Waals surface area contributed by atoms with Gasteiger partial charge in [0, 0.05) is 17.5 Å². The van der Waals surface area contributed by atoms with Gasteiger partial charge < -0.3 is 9.72 Å². The predicted octanol–water partition coefficient (Wildman–Crippen LogP) is 3.31. The lowest BCUT2D eigenvalue weighted by atomic mass is 10.0.